The van der Waals surface area contributed by atoms with Crippen molar-refractivity contribution in [3.63, 3.8) is 0 Å². The van der Waals surface area contributed by atoms with Crippen LogP contribution in [0.15, 0.2) is 12.3 Å². The summed E-state index contributed by atoms with van der Waals surface area (Å²) >= 11 is 6.05. The fraction of sp³-hybridized carbons (Fsp3) is 0.417. The quantitative estimate of drug-likeness (QED) is 0.799. The standard InChI is InChI=1S/C12H14ClN3O2/c1-3-4-5-16-11-9(10(13)15-16)6-8(7-14-11)12(17)18-2/h6-7H,3-5H2,1-2H3. The van der Waals surface area contributed by atoms with Crippen LogP contribution in [0.3, 0.4) is 0 Å². The van der Waals surface area contributed by atoms with Crippen LogP contribution in [0.25, 0.3) is 11.0 Å². The molecule has 0 saturated carbocycles. The van der Waals surface area contributed by atoms with E-state index < -0.39 is 5.97 Å². The molecule has 0 aromatic carbocycles. The summed E-state index contributed by atoms with van der Waals surface area (Å²) in [6, 6.07) is 1.66. The summed E-state index contributed by atoms with van der Waals surface area (Å²) in [6.45, 7) is 2.88. The SMILES string of the molecule is CCCCn1nc(Cl)c2cc(C(=O)OC)cnc21. The number of halogens is 1. The molecule has 0 amide bonds. The molecule has 2 aromatic heterocycles. The maximum absolute atomic E-state index is 11.4. The highest BCUT2D eigenvalue weighted by Gasteiger charge is 2.13. The second-order valence-corrected chi connectivity index (χ2v) is 4.31. The number of carbonyl (C=O) groups is 1. The average molecular weight is 268 g/mol. The van der Waals surface area contributed by atoms with Gasteiger partial charge in [0.1, 0.15) is 0 Å². The van der Waals surface area contributed by atoms with Crippen LogP contribution < -0.4 is 0 Å². The predicted octanol–water partition coefficient (Wildman–Crippen LogP) is 2.67. The number of methoxy groups -OCH3 is 1. The van der Waals surface area contributed by atoms with Crippen molar-refractivity contribution >= 4 is 28.6 Å². The molecule has 2 aromatic rings. The number of fused-ring (bicyclic) bond motifs is 1. The molecule has 2 rings (SSSR count). The number of ether oxygens (including phenoxy) is 1. The van der Waals surface area contributed by atoms with Crippen LogP contribution >= 0.6 is 11.6 Å². The van der Waals surface area contributed by atoms with E-state index in [4.69, 9.17) is 11.6 Å². The van der Waals surface area contributed by atoms with Crippen LogP contribution in [-0.4, -0.2) is 27.8 Å². The summed E-state index contributed by atoms with van der Waals surface area (Å²) in [5, 5.41) is 5.26. The van der Waals surface area contributed by atoms with Gasteiger partial charge in [0.05, 0.1) is 18.1 Å². The minimum absolute atomic E-state index is 0.361. The number of pyridine rings is 1. The van der Waals surface area contributed by atoms with Crippen molar-refractivity contribution in [1.29, 1.82) is 0 Å². The molecule has 0 bridgehead atoms. The summed E-state index contributed by atoms with van der Waals surface area (Å²) in [4.78, 5) is 15.7. The lowest BCUT2D eigenvalue weighted by atomic mass is 10.2. The van der Waals surface area contributed by atoms with Crippen LogP contribution in [0, 0.1) is 0 Å². The van der Waals surface area contributed by atoms with E-state index in [-0.39, 0.29) is 0 Å². The van der Waals surface area contributed by atoms with Gasteiger partial charge in [-0.25, -0.2) is 14.5 Å². The van der Waals surface area contributed by atoms with Crippen molar-refractivity contribution in [3.8, 4) is 0 Å². The largest absolute Gasteiger partial charge is 0.465 e. The lowest BCUT2D eigenvalue weighted by molar-refractivity contribution is 0.0600. The Morgan fingerprint density at radius 2 is 2.33 bits per heavy atom. The van der Waals surface area contributed by atoms with Crippen molar-refractivity contribution < 1.29 is 9.53 Å². The lowest BCUT2D eigenvalue weighted by Gasteiger charge is -2.01. The second-order valence-electron chi connectivity index (χ2n) is 3.95. The Morgan fingerprint density at radius 1 is 1.56 bits per heavy atom. The van der Waals surface area contributed by atoms with Gasteiger partial charge >= 0.3 is 5.97 Å². The van der Waals surface area contributed by atoms with E-state index in [1.807, 2.05) is 0 Å². The van der Waals surface area contributed by atoms with Crippen molar-refractivity contribution in [1.82, 2.24) is 14.8 Å². The topological polar surface area (TPSA) is 57.0 Å². The monoisotopic (exact) mass is 267 g/mol. The number of nitrogens with zero attached hydrogens (tertiary/aromatic N) is 3. The number of aryl methyl sites for hydroxylation is 1. The molecule has 0 aliphatic heterocycles. The van der Waals surface area contributed by atoms with Crippen LogP contribution in [-0.2, 0) is 11.3 Å². The van der Waals surface area contributed by atoms with Gasteiger partial charge < -0.3 is 4.74 Å². The molecule has 0 aliphatic carbocycles. The maximum Gasteiger partial charge on any atom is 0.339 e. The van der Waals surface area contributed by atoms with Gasteiger partial charge in [0.15, 0.2) is 10.8 Å². The zero-order valence-corrected chi connectivity index (χ0v) is 11.1. The molecule has 0 radical (unpaired) electrons. The molecule has 6 heteroatoms. The Hall–Kier alpha value is -1.62. The number of rotatable bonds is 4. The van der Waals surface area contributed by atoms with E-state index >= 15 is 0 Å². The maximum atomic E-state index is 11.4. The average Bonchev–Trinajstić information content (AvgIpc) is 2.72. The van der Waals surface area contributed by atoms with Gasteiger partial charge in [-0.05, 0) is 12.5 Å². The van der Waals surface area contributed by atoms with Crippen LogP contribution in [0.2, 0.25) is 5.15 Å². The van der Waals surface area contributed by atoms with Gasteiger partial charge in [0, 0.05) is 12.7 Å². The minimum atomic E-state index is -0.429. The molecular formula is C12H14ClN3O2. The molecule has 0 spiro atoms. The molecule has 0 unspecified atom stereocenters. The Morgan fingerprint density at radius 3 is 3.00 bits per heavy atom. The fourth-order valence-electron chi connectivity index (χ4n) is 1.72. The molecular weight excluding hydrogens is 254 g/mol. The lowest BCUT2D eigenvalue weighted by Crippen LogP contribution is -2.03. The number of esters is 1. The van der Waals surface area contributed by atoms with Crippen LogP contribution in [0.4, 0.5) is 0 Å². The van der Waals surface area contributed by atoms with E-state index in [0.717, 1.165) is 19.4 Å². The predicted molar refractivity (Wildman–Crippen MR) is 68.8 cm³/mol. The first-order chi connectivity index (χ1) is 8.67. The number of hydrogen-bond acceptors (Lipinski definition) is 4. The minimum Gasteiger partial charge on any atom is -0.465 e. The Labute approximate surface area is 110 Å². The number of aromatic nitrogens is 3. The summed E-state index contributed by atoms with van der Waals surface area (Å²) in [5.74, 6) is -0.429. The highest BCUT2D eigenvalue weighted by atomic mass is 35.5. The smallest absolute Gasteiger partial charge is 0.339 e. The second kappa shape index (κ2) is 5.35. The fourth-order valence-corrected chi connectivity index (χ4v) is 1.95. The molecule has 18 heavy (non-hydrogen) atoms. The zero-order valence-electron chi connectivity index (χ0n) is 10.3. The highest BCUT2D eigenvalue weighted by Crippen LogP contribution is 2.22. The van der Waals surface area contributed by atoms with E-state index in [1.165, 1.54) is 13.3 Å². The Balaban J connectivity index is 2.45. The first-order valence-electron chi connectivity index (χ1n) is 5.77. The first-order valence-corrected chi connectivity index (χ1v) is 6.15. The Bertz CT molecular complexity index is 580. The van der Waals surface area contributed by atoms with Gasteiger partial charge in [-0.2, -0.15) is 5.10 Å². The highest BCUT2D eigenvalue weighted by molar-refractivity contribution is 6.34. The summed E-state index contributed by atoms with van der Waals surface area (Å²) in [5.41, 5.74) is 1.07. The third-order valence-corrected chi connectivity index (χ3v) is 2.97. The van der Waals surface area contributed by atoms with Crippen LogP contribution in [0.1, 0.15) is 30.1 Å². The van der Waals surface area contributed by atoms with Gasteiger partial charge in [-0.1, -0.05) is 24.9 Å². The first kappa shape index (κ1) is 12.8. The summed E-state index contributed by atoms with van der Waals surface area (Å²) in [6.07, 6.45) is 3.56. The molecule has 0 aliphatic rings. The Kier molecular flexibility index (Phi) is 3.81. The molecule has 0 fully saturated rings. The molecule has 0 atom stereocenters. The van der Waals surface area contributed by atoms with E-state index in [0.29, 0.717) is 21.7 Å². The summed E-state index contributed by atoms with van der Waals surface area (Å²) < 4.78 is 6.41. The van der Waals surface area contributed by atoms with E-state index in [1.54, 1.807) is 10.7 Å². The number of unbranched alkanes of at least 4 members (excludes halogenated alkanes) is 1. The normalized spacial score (nSPS) is 10.8. The summed E-state index contributed by atoms with van der Waals surface area (Å²) in [7, 11) is 1.33. The van der Waals surface area contributed by atoms with Crippen molar-refractivity contribution in [2.45, 2.75) is 26.3 Å². The van der Waals surface area contributed by atoms with Crippen molar-refractivity contribution in [2.24, 2.45) is 0 Å². The number of hydrogen-bond donors (Lipinski definition) is 0. The van der Waals surface area contributed by atoms with Gasteiger partial charge in [-0.15, -0.1) is 0 Å². The molecule has 0 N–H and O–H groups in total. The zero-order chi connectivity index (χ0) is 13.1. The van der Waals surface area contributed by atoms with E-state index in [9.17, 15) is 4.79 Å². The molecule has 2 heterocycles. The molecule has 0 saturated heterocycles. The van der Waals surface area contributed by atoms with E-state index in [2.05, 4.69) is 21.7 Å². The van der Waals surface area contributed by atoms with Crippen molar-refractivity contribution in [2.75, 3.05) is 7.11 Å². The van der Waals surface area contributed by atoms with Gasteiger partial charge in [0.25, 0.3) is 0 Å². The molecule has 5 nitrogen and oxygen atoms in total. The van der Waals surface area contributed by atoms with Gasteiger partial charge in [-0.3, -0.25) is 0 Å². The molecule has 96 valence electrons. The number of carbonyl (C=O) groups excluding carboxylic acids is 1. The third-order valence-electron chi connectivity index (χ3n) is 2.69. The van der Waals surface area contributed by atoms with Crippen molar-refractivity contribution in [3.05, 3.63) is 23.0 Å². The van der Waals surface area contributed by atoms with Gasteiger partial charge in [0.2, 0.25) is 0 Å². The van der Waals surface area contributed by atoms with Crippen LogP contribution in [0.5, 0.6) is 0 Å². The third kappa shape index (κ3) is 2.31.